The van der Waals surface area contributed by atoms with E-state index in [1.165, 1.54) is 0 Å². The molecule has 1 spiro atoms. The van der Waals surface area contributed by atoms with Crippen molar-refractivity contribution in [3.05, 3.63) is 24.3 Å². The maximum absolute atomic E-state index is 13.6. The molecule has 4 aliphatic heterocycles. The maximum atomic E-state index is 13.6. The van der Waals surface area contributed by atoms with Crippen LogP contribution in [0.15, 0.2) is 24.3 Å². The predicted molar refractivity (Wildman–Crippen MR) is 107 cm³/mol. The van der Waals surface area contributed by atoms with Crippen LogP contribution in [-0.4, -0.2) is 83.3 Å². The van der Waals surface area contributed by atoms with Crippen molar-refractivity contribution in [2.24, 2.45) is 11.8 Å². The monoisotopic (exact) mass is 418 g/mol. The molecule has 0 radical (unpaired) electrons. The fraction of sp³-hybridized carbons (Fsp3) is 0.682. The van der Waals surface area contributed by atoms with E-state index in [2.05, 4.69) is 6.92 Å². The third-order valence-electron chi connectivity index (χ3n) is 6.59. The molecule has 0 aromatic heterocycles. The molecule has 164 valence electrons. The molecule has 2 fully saturated rings. The fourth-order valence-electron chi connectivity index (χ4n) is 5.20. The number of hydrogen-bond acceptors (Lipinski definition) is 6. The summed E-state index contributed by atoms with van der Waals surface area (Å²) in [7, 11) is 0. The van der Waals surface area contributed by atoms with Crippen LogP contribution in [0.2, 0.25) is 0 Å². The number of amides is 2. The van der Waals surface area contributed by atoms with Gasteiger partial charge in [-0.1, -0.05) is 31.6 Å². The summed E-state index contributed by atoms with van der Waals surface area (Å²) in [6.07, 6.45) is 9.61. The molecule has 0 aliphatic carbocycles. The first kappa shape index (κ1) is 21.1. The SMILES string of the molecule is CCCCN1CC=C[C@]23O[C@H]4C=CCOC(=O)[C@H]4[C@H]2C(=O)N(CCCCO)C3C1=O. The number of esters is 1. The van der Waals surface area contributed by atoms with Gasteiger partial charge in [-0.2, -0.15) is 0 Å². The van der Waals surface area contributed by atoms with Crippen LogP contribution in [0, 0.1) is 11.8 Å². The van der Waals surface area contributed by atoms with Crippen molar-refractivity contribution in [3.63, 3.8) is 0 Å². The number of aliphatic hydroxyl groups is 1. The zero-order valence-corrected chi connectivity index (χ0v) is 17.4. The third kappa shape index (κ3) is 3.26. The number of hydrogen-bond donors (Lipinski definition) is 1. The molecule has 4 rings (SSSR count). The first-order chi connectivity index (χ1) is 14.5. The molecule has 8 heteroatoms. The van der Waals surface area contributed by atoms with Gasteiger partial charge >= 0.3 is 5.97 Å². The quantitative estimate of drug-likeness (QED) is 0.371. The molecular weight excluding hydrogens is 388 g/mol. The summed E-state index contributed by atoms with van der Waals surface area (Å²) in [5.74, 6) is -2.39. The lowest BCUT2D eigenvalue weighted by Gasteiger charge is -2.35. The molecular formula is C22H30N2O6. The van der Waals surface area contributed by atoms with Crippen LogP contribution < -0.4 is 0 Å². The van der Waals surface area contributed by atoms with Gasteiger partial charge < -0.3 is 24.4 Å². The van der Waals surface area contributed by atoms with Crippen LogP contribution in [0.5, 0.6) is 0 Å². The minimum Gasteiger partial charge on any atom is -0.461 e. The van der Waals surface area contributed by atoms with E-state index in [4.69, 9.17) is 9.47 Å². The summed E-state index contributed by atoms with van der Waals surface area (Å²) in [6.45, 7) is 3.67. The Balaban J connectivity index is 1.74. The zero-order valence-electron chi connectivity index (χ0n) is 17.4. The Morgan fingerprint density at radius 2 is 1.97 bits per heavy atom. The van der Waals surface area contributed by atoms with E-state index in [9.17, 15) is 19.5 Å². The van der Waals surface area contributed by atoms with Crippen molar-refractivity contribution in [2.75, 3.05) is 32.8 Å². The van der Waals surface area contributed by atoms with Crippen LogP contribution in [0.1, 0.15) is 32.6 Å². The number of aliphatic hydroxyl groups excluding tert-OH is 1. The molecule has 8 nitrogen and oxygen atoms in total. The highest BCUT2D eigenvalue weighted by Gasteiger charge is 2.71. The number of ether oxygens (including phenoxy) is 2. The number of nitrogens with zero attached hydrogens (tertiary/aromatic N) is 2. The highest BCUT2D eigenvalue weighted by atomic mass is 16.6. The van der Waals surface area contributed by atoms with Crippen LogP contribution in [0.3, 0.4) is 0 Å². The molecule has 0 saturated carbocycles. The lowest BCUT2D eigenvalue weighted by atomic mass is 9.78. The molecule has 1 unspecified atom stereocenters. The Bertz CT molecular complexity index is 765. The van der Waals surface area contributed by atoms with Crippen molar-refractivity contribution in [3.8, 4) is 0 Å². The highest BCUT2D eigenvalue weighted by molar-refractivity contribution is 5.99. The summed E-state index contributed by atoms with van der Waals surface area (Å²) < 4.78 is 11.7. The smallest absolute Gasteiger partial charge is 0.313 e. The minimum atomic E-state index is -1.18. The maximum Gasteiger partial charge on any atom is 0.313 e. The van der Waals surface area contributed by atoms with Gasteiger partial charge in [0.15, 0.2) is 0 Å². The van der Waals surface area contributed by atoms with Crippen molar-refractivity contribution in [1.82, 2.24) is 9.80 Å². The van der Waals surface area contributed by atoms with Gasteiger partial charge in [0.05, 0.1) is 12.0 Å². The molecule has 1 N–H and O–H groups in total. The summed E-state index contributed by atoms with van der Waals surface area (Å²) >= 11 is 0. The Labute approximate surface area is 176 Å². The van der Waals surface area contributed by atoms with Gasteiger partial charge in [-0.05, 0) is 25.3 Å². The molecule has 2 amide bonds. The second-order valence-corrected chi connectivity index (χ2v) is 8.40. The van der Waals surface area contributed by atoms with E-state index in [0.717, 1.165) is 12.8 Å². The van der Waals surface area contributed by atoms with Gasteiger partial charge in [0.25, 0.3) is 0 Å². The first-order valence-corrected chi connectivity index (χ1v) is 10.9. The summed E-state index contributed by atoms with van der Waals surface area (Å²) in [5.41, 5.74) is -1.18. The van der Waals surface area contributed by atoms with E-state index in [-0.39, 0.29) is 25.0 Å². The van der Waals surface area contributed by atoms with E-state index in [1.807, 2.05) is 12.2 Å². The average Bonchev–Trinajstić information content (AvgIpc) is 3.02. The van der Waals surface area contributed by atoms with Crippen LogP contribution in [0.25, 0.3) is 0 Å². The largest absolute Gasteiger partial charge is 0.461 e. The first-order valence-electron chi connectivity index (χ1n) is 10.9. The topological polar surface area (TPSA) is 96.4 Å². The van der Waals surface area contributed by atoms with Crippen molar-refractivity contribution in [1.29, 1.82) is 0 Å². The normalized spacial score (nSPS) is 35.1. The number of likely N-dealkylation sites (tertiary alicyclic amines) is 1. The fourth-order valence-corrected chi connectivity index (χ4v) is 5.20. The summed E-state index contributed by atoms with van der Waals surface area (Å²) in [4.78, 5) is 43.3. The molecule has 0 bridgehead atoms. The second-order valence-electron chi connectivity index (χ2n) is 8.40. The van der Waals surface area contributed by atoms with Gasteiger partial charge in [0.1, 0.15) is 24.2 Å². The Morgan fingerprint density at radius 1 is 1.13 bits per heavy atom. The number of rotatable bonds is 7. The summed E-state index contributed by atoms with van der Waals surface area (Å²) in [6, 6.07) is -0.808. The van der Waals surface area contributed by atoms with E-state index in [0.29, 0.717) is 32.5 Å². The number of carbonyl (C=O) groups is 3. The summed E-state index contributed by atoms with van der Waals surface area (Å²) in [5, 5.41) is 9.17. The van der Waals surface area contributed by atoms with Crippen molar-refractivity contribution >= 4 is 17.8 Å². The van der Waals surface area contributed by atoms with E-state index in [1.54, 1.807) is 22.0 Å². The lowest BCUT2D eigenvalue weighted by Crippen LogP contribution is -2.55. The van der Waals surface area contributed by atoms with Gasteiger partial charge in [-0.25, -0.2) is 0 Å². The van der Waals surface area contributed by atoms with E-state index < -0.39 is 35.6 Å². The predicted octanol–water partition coefficient (Wildman–Crippen LogP) is 0.651. The van der Waals surface area contributed by atoms with Crippen LogP contribution in [0.4, 0.5) is 0 Å². The average molecular weight is 418 g/mol. The van der Waals surface area contributed by atoms with Gasteiger partial charge in [-0.3, -0.25) is 14.4 Å². The number of cyclic esters (lactones) is 1. The molecule has 0 aromatic carbocycles. The molecule has 4 aliphatic rings. The molecule has 2 saturated heterocycles. The Morgan fingerprint density at radius 3 is 2.73 bits per heavy atom. The van der Waals surface area contributed by atoms with Crippen molar-refractivity contribution in [2.45, 2.75) is 50.4 Å². The van der Waals surface area contributed by atoms with Crippen LogP contribution in [-0.2, 0) is 23.9 Å². The number of fused-ring (bicyclic) bond motifs is 2. The Hall–Kier alpha value is -2.19. The standard InChI is InChI=1S/C22H30N2O6/c1-2-3-10-23-11-7-9-22-17(16-15(30-22)8-6-14-29-21(16)28)19(26)24(12-4-5-13-25)18(22)20(23)27/h6-9,15-18,25H,2-5,10-14H2,1H3/t15-,16+,17-,18?,22-/m0/s1. The minimum absolute atomic E-state index is 0.0239. The van der Waals surface area contributed by atoms with Gasteiger partial charge in [0, 0.05) is 26.2 Å². The van der Waals surface area contributed by atoms with Gasteiger partial charge in [0.2, 0.25) is 11.8 Å². The lowest BCUT2D eigenvalue weighted by molar-refractivity contribution is -0.153. The highest BCUT2D eigenvalue weighted by Crippen LogP contribution is 2.53. The molecule has 5 atom stereocenters. The molecule has 30 heavy (non-hydrogen) atoms. The third-order valence-corrected chi connectivity index (χ3v) is 6.59. The van der Waals surface area contributed by atoms with Crippen molar-refractivity contribution < 1.29 is 29.0 Å². The van der Waals surface area contributed by atoms with Crippen LogP contribution >= 0.6 is 0 Å². The molecule has 0 aromatic rings. The molecule has 4 heterocycles. The number of carbonyl (C=O) groups excluding carboxylic acids is 3. The Kier molecular flexibility index (Phi) is 5.97. The van der Waals surface area contributed by atoms with E-state index >= 15 is 0 Å². The second kappa shape index (κ2) is 8.51. The zero-order chi connectivity index (χ0) is 21.3. The number of unbranched alkanes of at least 4 members (excludes halogenated alkanes) is 2. The van der Waals surface area contributed by atoms with Gasteiger partial charge in [-0.15, -0.1) is 0 Å².